The molecule has 18 heavy (non-hydrogen) atoms. The molecule has 0 amide bonds. The summed E-state index contributed by atoms with van der Waals surface area (Å²) in [5, 5.41) is 8.62. The number of hydrogen-bond acceptors (Lipinski definition) is 3. The lowest BCUT2D eigenvalue weighted by Gasteiger charge is -2.06. The van der Waals surface area contributed by atoms with Crippen molar-refractivity contribution in [3.63, 3.8) is 0 Å². The number of aromatic nitrogens is 1. The van der Waals surface area contributed by atoms with Crippen molar-refractivity contribution in [1.29, 1.82) is 5.26 Å². The highest BCUT2D eigenvalue weighted by Crippen LogP contribution is 2.23. The van der Waals surface area contributed by atoms with Crippen LogP contribution in [0.3, 0.4) is 0 Å². The van der Waals surface area contributed by atoms with Gasteiger partial charge in [0.1, 0.15) is 0 Å². The van der Waals surface area contributed by atoms with E-state index in [-0.39, 0.29) is 17.2 Å². The van der Waals surface area contributed by atoms with Crippen LogP contribution >= 0.6 is 11.6 Å². The third-order valence-corrected chi connectivity index (χ3v) is 2.54. The van der Waals surface area contributed by atoms with Gasteiger partial charge in [0.2, 0.25) is 5.88 Å². The topological polar surface area (TPSA) is 45.9 Å². The van der Waals surface area contributed by atoms with Gasteiger partial charge >= 0.3 is 0 Å². The fourth-order valence-corrected chi connectivity index (χ4v) is 1.47. The minimum absolute atomic E-state index is 0.0279. The molecule has 0 aliphatic rings. The molecule has 3 nitrogen and oxygen atoms in total. The van der Waals surface area contributed by atoms with E-state index >= 15 is 0 Å². The van der Waals surface area contributed by atoms with Crippen LogP contribution < -0.4 is 4.74 Å². The van der Waals surface area contributed by atoms with Gasteiger partial charge in [0.25, 0.3) is 0 Å². The number of hydrogen-bond donors (Lipinski definition) is 0. The monoisotopic (exact) mass is 262 g/mol. The van der Waals surface area contributed by atoms with Crippen molar-refractivity contribution >= 4 is 11.6 Å². The van der Waals surface area contributed by atoms with Gasteiger partial charge in [0.15, 0.2) is 11.6 Å². The Hall–Kier alpha value is -2.12. The third-order valence-electron chi connectivity index (χ3n) is 2.23. The molecule has 0 radical (unpaired) electrons. The van der Waals surface area contributed by atoms with E-state index in [0.717, 1.165) is 11.6 Å². The fourth-order valence-electron chi connectivity index (χ4n) is 1.32. The van der Waals surface area contributed by atoms with E-state index < -0.39 is 5.82 Å². The molecule has 1 heterocycles. The second-order valence-corrected chi connectivity index (χ2v) is 3.76. The van der Waals surface area contributed by atoms with Crippen LogP contribution in [-0.2, 0) is 5.88 Å². The first-order valence-corrected chi connectivity index (χ1v) is 5.65. The highest BCUT2D eigenvalue weighted by atomic mass is 35.5. The zero-order valence-corrected chi connectivity index (χ0v) is 9.99. The van der Waals surface area contributed by atoms with Gasteiger partial charge in [-0.15, -0.1) is 11.6 Å². The van der Waals surface area contributed by atoms with E-state index in [0.29, 0.717) is 5.88 Å². The SMILES string of the molecule is N#Cc1ccc(Oc2ccc(CCl)cn2)c(F)c1. The lowest BCUT2D eigenvalue weighted by Crippen LogP contribution is -1.92. The van der Waals surface area contributed by atoms with Crippen molar-refractivity contribution < 1.29 is 9.13 Å². The Morgan fingerprint density at radius 3 is 2.72 bits per heavy atom. The number of halogens is 2. The summed E-state index contributed by atoms with van der Waals surface area (Å²) in [5.41, 5.74) is 1.09. The quantitative estimate of drug-likeness (QED) is 0.794. The van der Waals surface area contributed by atoms with Crippen LogP contribution in [0.5, 0.6) is 11.6 Å². The maximum absolute atomic E-state index is 13.5. The van der Waals surface area contributed by atoms with E-state index in [1.54, 1.807) is 18.3 Å². The summed E-state index contributed by atoms with van der Waals surface area (Å²) in [6.07, 6.45) is 1.56. The summed E-state index contributed by atoms with van der Waals surface area (Å²) in [6.45, 7) is 0. The average molecular weight is 263 g/mol. The third kappa shape index (κ3) is 2.76. The molecule has 0 N–H and O–H groups in total. The van der Waals surface area contributed by atoms with Crippen molar-refractivity contribution in [1.82, 2.24) is 4.98 Å². The van der Waals surface area contributed by atoms with Crippen molar-refractivity contribution in [2.45, 2.75) is 5.88 Å². The molecule has 5 heteroatoms. The normalized spacial score (nSPS) is 9.83. The summed E-state index contributed by atoms with van der Waals surface area (Å²) in [4.78, 5) is 3.99. The Kier molecular flexibility index (Phi) is 3.75. The molecule has 0 atom stereocenters. The Bertz CT molecular complexity index is 593. The summed E-state index contributed by atoms with van der Waals surface area (Å²) in [5.74, 6) is 0.0586. The van der Waals surface area contributed by atoms with Crippen molar-refractivity contribution in [2.75, 3.05) is 0 Å². The molecular weight excluding hydrogens is 255 g/mol. The predicted molar refractivity (Wildman–Crippen MR) is 65.0 cm³/mol. The largest absolute Gasteiger partial charge is 0.436 e. The molecule has 0 aliphatic heterocycles. The van der Waals surface area contributed by atoms with Crippen LogP contribution in [-0.4, -0.2) is 4.98 Å². The van der Waals surface area contributed by atoms with Gasteiger partial charge < -0.3 is 4.74 Å². The van der Waals surface area contributed by atoms with Gasteiger partial charge in [-0.1, -0.05) is 6.07 Å². The average Bonchev–Trinajstić information content (AvgIpc) is 2.42. The van der Waals surface area contributed by atoms with E-state index in [4.69, 9.17) is 21.6 Å². The minimum atomic E-state index is -0.600. The van der Waals surface area contributed by atoms with Gasteiger partial charge in [-0.2, -0.15) is 5.26 Å². The molecule has 0 saturated carbocycles. The highest BCUT2D eigenvalue weighted by molar-refractivity contribution is 6.17. The second-order valence-electron chi connectivity index (χ2n) is 3.50. The van der Waals surface area contributed by atoms with Gasteiger partial charge in [-0.3, -0.25) is 0 Å². The second kappa shape index (κ2) is 5.48. The zero-order chi connectivity index (χ0) is 13.0. The van der Waals surface area contributed by atoms with Crippen molar-refractivity contribution in [3.8, 4) is 17.7 Å². The first-order valence-electron chi connectivity index (χ1n) is 5.11. The van der Waals surface area contributed by atoms with Gasteiger partial charge in [0, 0.05) is 18.1 Å². The number of pyridine rings is 1. The number of alkyl halides is 1. The molecule has 0 bridgehead atoms. The molecule has 0 spiro atoms. The van der Waals surface area contributed by atoms with E-state index in [2.05, 4.69) is 4.98 Å². The first-order chi connectivity index (χ1) is 8.72. The number of ether oxygens (including phenoxy) is 1. The van der Waals surface area contributed by atoms with E-state index in [1.807, 2.05) is 6.07 Å². The lowest BCUT2D eigenvalue weighted by atomic mass is 10.2. The van der Waals surface area contributed by atoms with Gasteiger partial charge in [-0.25, -0.2) is 9.37 Å². The van der Waals surface area contributed by atoms with Crippen LogP contribution in [0, 0.1) is 17.1 Å². The number of nitriles is 1. The Morgan fingerprint density at radius 1 is 1.33 bits per heavy atom. The molecule has 0 fully saturated rings. The van der Waals surface area contributed by atoms with Crippen LogP contribution in [0.2, 0.25) is 0 Å². The maximum Gasteiger partial charge on any atom is 0.219 e. The predicted octanol–water partition coefficient (Wildman–Crippen LogP) is 3.62. The first kappa shape index (κ1) is 12.3. The van der Waals surface area contributed by atoms with Crippen LogP contribution in [0.4, 0.5) is 4.39 Å². The standard InChI is InChI=1S/C13H8ClFN2O/c14-6-10-2-4-13(17-8-10)18-12-3-1-9(7-16)5-11(12)15/h1-5,8H,6H2. The smallest absolute Gasteiger partial charge is 0.219 e. The lowest BCUT2D eigenvalue weighted by molar-refractivity contribution is 0.427. The van der Waals surface area contributed by atoms with E-state index in [1.165, 1.54) is 12.1 Å². The number of benzene rings is 1. The number of nitrogens with zero attached hydrogens (tertiary/aromatic N) is 2. The molecule has 0 saturated heterocycles. The van der Waals surface area contributed by atoms with Gasteiger partial charge in [-0.05, 0) is 23.8 Å². The molecule has 90 valence electrons. The van der Waals surface area contributed by atoms with Crippen LogP contribution in [0.1, 0.15) is 11.1 Å². The zero-order valence-electron chi connectivity index (χ0n) is 9.23. The molecule has 0 aliphatic carbocycles. The van der Waals surface area contributed by atoms with Crippen molar-refractivity contribution in [2.24, 2.45) is 0 Å². The Labute approximate surface area is 108 Å². The van der Waals surface area contributed by atoms with Gasteiger partial charge in [0.05, 0.1) is 11.6 Å². The summed E-state index contributed by atoms with van der Waals surface area (Å²) < 4.78 is 18.8. The molecular formula is C13H8ClFN2O. The summed E-state index contributed by atoms with van der Waals surface area (Å²) in [7, 11) is 0. The Morgan fingerprint density at radius 2 is 2.17 bits per heavy atom. The molecule has 1 aromatic carbocycles. The van der Waals surface area contributed by atoms with Crippen LogP contribution in [0.25, 0.3) is 0 Å². The summed E-state index contributed by atoms with van der Waals surface area (Å²) >= 11 is 5.63. The molecule has 2 aromatic rings. The van der Waals surface area contributed by atoms with Crippen molar-refractivity contribution in [3.05, 3.63) is 53.5 Å². The van der Waals surface area contributed by atoms with Crippen LogP contribution in [0.15, 0.2) is 36.5 Å². The maximum atomic E-state index is 13.5. The highest BCUT2D eigenvalue weighted by Gasteiger charge is 2.06. The molecule has 0 unspecified atom stereocenters. The van der Waals surface area contributed by atoms with E-state index in [9.17, 15) is 4.39 Å². The molecule has 2 rings (SSSR count). The minimum Gasteiger partial charge on any atom is -0.436 e. The molecule has 1 aromatic heterocycles. The summed E-state index contributed by atoms with van der Waals surface area (Å²) in [6, 6.07) is 9.19. The number of rotatable bonds is 3. The Balaban J connectivity index is 2.20. The fraction of sp³-hybridized carbons (Fsp3) is 0.0769.